The number of rotatable bonds is 3. The molecule has 0 radical (unpaired) electrons. The van der Waals surface area contributed by atoms with Crippen molar-refractivity contribution >= 4 is 23.2 Å². The van der Waals surface area contributed by atoms with Gasteiger partial charge in [-0.15, -0.1) is 0 Å². The molecule has 18 heavy (non-hydrogen) atoms. The predicted molar refractivity (Wildman–Crippen MR) is 68.3 cm³/mol. The molecule has 2 aromatic rings. The van der Waals surface area contributed by atoms with E-state index in [-0.39, 0.29) is 0 Å². The average Bonchev–Trinajstić information content (AvgIpc) is 3.11. The third-order valence-corrected chi connectivity index (χ3v) is 2.93. The number of aromatic nitrogens is 3. The van der Waals surface area contributed by atoms with Crippen molar-refractivity contribution in [1.82, 2.24) is 15.0 Å². The van der Waals surface area contributed by atoms with Gasteiger partial charge < -0.3 is 4.74 Å². The summed E-state index contributed by atoms with van der Waals surface area (Å²) in [5.41, 5.74) is 0. The van der Waals surface area contributed by atoms with E-state index in [9.17, 15) is 0 Å². The van der Waals surface area contributed by atoms with Crippen LogP contribution in [-0.4, -0.2) is 15.0 Å². The first-order chi connectivity index (χ1) is 8.70. The second-order valence-electron chi connectivity index (χ2n) is 4.10. The van der Waals surface area contributed by atoms with Gasteiger partial charge in [-0.25, -0.2) is 4.98 Å². The summed E-state index contributed by atoms with van der Waals surface area (Å²) in [6, 6.07) is 3.25. The minimum Gasteiger partial charge on any atom is -0.437 e. The highest BCUT2D eigenvalue weighted by molar-refractivity contribution is 6.30. The molecule has 0 saturated heterocycles. The highest BCUT2D eigenvalue weighted by Gasteiger charge is 2.27. The van der Waals surface area contributed by atoms with Gasteiger partial charge in [-0.3, -0.25) is 4.98 Å². The van der Waals surface area contributed by atoms with E-state index < -0.39 is 0 Å². The third kappa shape index (κ3) is 2.71. The molecular weight excluding hydrogens is 273 g/mol. The van der Waals surface area contributed by atoms with Crippen molar-refractivity contribution in [1.29, 1.82) is 0 Å². The zero-order valence-electron chi connectivity index (χ0n) is 9.31. The summed E-state index contributed by atoms with van der Waals surface area (Å²) in [5.74, 6) is 2.11. The number of pyridine rings is 1. The standard InChI is InChI=1S/C12H9Cl2N3O/c13-8-3-9(6-15-5-8)18-11-4-10(14)16-12(17-11)7-1-2-7/h3-7H,1-2H2. The summed E-state index contributed by atoms with van der Waals surface area (Å²) < 4.78 is 5.58. The van der Waals surface area contributed by atoms with Crippen LogP contribution in [0.4, 0.5) is 0 Å². The highest BCUT2D eigenvalue weighted by atomic mass is 35.5. The van der Waals surface area contributed by atoms with Crippen molar-refractivity contribution in [3.63, 3.8) is 0 Å². The van der Waals surface area contributed by atoms with Gasteiger partial charge in [0.2, 0.25) is 5.88 Å². The Labute approximate surface area is 114 Å². The molecule has 1 aliphatic carbocycles. The molecule has 0 atom stereocenters. The third-order valence-electron chi connectivity index (χ3n) is 2.53. The first kappa shape index (κ1) is 11.7. The van der Waals surface area contributed by atoms with Crippen LogP contribution in [0.3, 0.4) is 0 Å². The first-order valence-corrected chi connectivity index (χ1v) is 6.29. The van der Waals surface area contributed by atoms with E-state index in [0.717, 1.165) is 18.7 Å². The summed E-state index contributed by atoms with van der Waals surface area (Å²) in [7, 11) is 0. The van der Waals surface area contributed by atoms with Crippen LogP contribution in [0.2, 0.25) is 10.2 Å². The maximum atomic E-state index is 5.95. The summed E-state index contributed by atoms with van der Waals surface area (Å²) in [6.45, 7) is 0. The molecule has 4 nitrogen and oxygen atoms in total. The molecule has 0 aromatic carbocycles. The summed E-state index contributed by atoms with van der Waals surface area (Å²) in [5, 5.41) is 0.895. The maximum absolute atomic E-state index is 5.95. The smallest absolute Gasteiger partial charge is 0.224 e. The lowest BCUT2D eigenvalue weighted by molar-refractivity contribution is 0.456. The number of halogens is 2. The Bertz CT molecular complexity index is 587. The van der Waals surface area contributed by atoms with Crippen LogP contribution >= 0.6 is 23.2 Å². The zero-order chi connectivity index (χ0) is 12.5. The van der Waals surface area contributed by atoms with Crippen molar-refractivity contribution < 1.29 is 4.74 Å². The van der Waals surface area contributed by atoms with Crippen LogP contribution in [0.15, 0.2) is 24.5 Å². The Morgan fingerprint density at radius 3 is 2.67 bits per heavy atom. The summed E-state index contributed by atoms with van der Waals surface area (Å²) >= 11 is 11.8. The number of nitrogens with zero attached hydrogens (tertiary/aromatic N) is 3. The van der Waals surface area contributed by atoms with Crippen LogP contribution < -0.4 is 4.74 Å². The topological polar surface area (TPSA) is 47.9 Å². The van der Waals surface area contributed by atoms with Crippen LogP contribution in [0, 0.1) is 0 Å². The van der Waals surface area contributed by atoms with E-state index in [0.29, 0.717) is 27.7 Å². The van der Waals surface area contributed by atoms with Gasteiger partial charge >= 0.3 is 0 Å². The molecule has 1 aliphatic rings. The van der Waals surface area contributed by atoms with Crippen molar-refractivity contribution in [3.8, 4) is 11.6 Å². The van der Waals surface area contributed by atoms with E-state index in [1.807, 2.05) is 0 Å². The number of hydrogen-bond acceptors (Lipinski definition) is 4. The molecule has 92 valence electrons. The fourth-order valence-electron chi connectivity index (χ4n) is 1.56. The second kappa shape index (κ2) is 4.71. The molecule has 2 aromatic heterocycles. The summed E-state index contributed by atoms with van der Waals surface area (Å²) in [6.07, 6.45) is 5.33. The number of hydrogen-bond donors (Lipinski definition) is 0. The molecule has 2 heterocycles. The van der Waals surface area contributed by atoms with Crippen LogP contribution in [-0.2, 0) is 0 Å². The van der Waals surface area contributed by atoms with E-state index in [2.05, 4.69) is 15.0 Å². The Balaban J connectivity index is 1.87. The van der Waals surface area contributed by atoms with E-state index in [1.165, 1.54) is 6.20 Å². The minimum atomic E-state index is 0.386. The Hall–Kier alpha value is -1.39. The molecule has 0 spiro atoms. The normalized spacial score (nSPS) is 14.6. The predicted octanol–water partition coefficient (Wildman–Crippen LogP) is 3.85. The molecule has 0 amide bonds. The summed E-state index contributed by atoms with van der Waals surface area (Å²) in [4.78, 5) is 12.5. The first-order valence-electron chi connectivity index (χ1n) is 5.53. The molecule has 0 bridgehead atoms. The fraction of sp³-hybridized carbons (Fsp3) is 0.250. The largest absolute Gasteiger partial charge is 0.437 e. The molecule has 1 saturated carbocycles. The van der Waals surface area contributed by atoms with Gasteiger partial charge in [0, 0.05) is 24.2 Å². The molecule has 0 aliphatic heterocycles. The minimum absolute atomic E-state index is 0.386. The van der Waals surface area contributed by atoms with E-state index >= 15 is 0 Å². The highest BCUT2D eigenvalue weighted by Crippen LogP contribution is 2.39. The molecule has 3 rings (SSSR count). The maximum Gasteiger partial charge on any atom is 0.224 e. The van der Waals surface area contributed by atoms with Gasteiger partial charge in [-0.1, -0.05) is 23.2 Å². The van der Waals surface area contributed by atoms with Gasteiger partial charge in [-0.2, -0.15) is 4.98 Å². The Kier molecular flexibility index (Phi) is 3.06. The van der Waals surface area contributed by atoms with E-state index in [1.54, 1.807) is 18.3 Å². The Morgan fingerprint density at radius 1 is 1.11 bits per heavy atom. The van der Waals surface area contributed by atoms with Crippen molar-refractivity contribution in [2.45, 2.75) is 18.8 Å². The molecular formula is C12H9Cl2N3O. The van der Waals surface area contributed by atoms with Crippen LogP contribution in [0.5, 0.6) is 11.6 Å². The van der Waals surface area contributed by atoms with Crippen molar-refractivity contribution in [2.24, 2.45) is 0 Å². The molecule has 1 fully saturated rings. The molecule has 0 N–H and O–H groups in total. The average molecular weight is 282 g/mol. The second-order valence-corrected chi connectivity index (χ2v) is 4.93. The quantitative estimate of drug-likeness (QED) is 0.802. The van der Waals surface area contributed by atoms with Crippen LogP contribution in [0.1, 0.15) is 24.6 Å². The van der Waals surface area contributed by atoms with Gasteiger partial charge in [0.15, 0.2) is 0 Å². The number of ether oxygens (including phenoxy) is 1. The Morgan fingerprint density at radius 2 is 1.94 bits per heavy atom. The lowest BCUT2D eigenvalue weighted by Crippen LogP contribution is -1.96. The van der Waals surface area contributed by atoms with Crippen LogP contribution in [0.25, 0.3) is 0 Å². The SMILES string of the molecule is Clc1cncc(Oc2cc(Cl)nc(C3CC3)n2)c1. The van der Waals surface area contributed by atoms with Gasteiger partial charge in [0.05, 0.1) is 11.2 Å². The van der Waals surface area contributed by atoms with Crippen molar-refractivity contribution in [3.05, 3.63) is 40.5 Å². The monoisotopic (exact) mass is 281 g/mol. The fourth-order valence-corrected chi connectivity index (χ4v) is 1.90. The van der Waals surface area contributed by atoms with Crippen molar-refractivity contribution in [2.75, 3.05) is 0 Å². The molecule has 0 unspecified atom stereocenters. The van der Waals surface area contributed by atoms with Gasteiger partial charge in [-0.05, 0) is 12.8 Å². The van der Waals surface area contributed by atoms with E-state index in [4.69, 9.17) is 27.9 Å². The lowest BCUT2D eigenvalue weighted by Gasteiger charge is -2.06. The zero-order valence-corrected chi connectivity index (χ0v) is 10.8. The molecule has 6 heteroatoms. The van der Waals surface area contributed by atoms with Gasteiger partial charge in [0.1, 0.15) is 16.7 Å². The lowest BCUT2D eigenvalue weighted by atomic mass is 10.4. The van der Waals surface area contributed by atoms with Gasteiger partial charge in [0.25, 0.3) is 0 Å².